The Balaban J connectivity index is 1.05. The number of phenolic OH excluding ortho intramolecular Hbond substituents is 3. The van der Waals surface area contributed by atoms with Crippen LogP contribution < -0.4 is 14.2 Å². The molecule has 117 heavy (non-hydrogen) atoms. The summed E-state index contributed by atoms with van der Waals surface area (Å²) < 4.78 is 19.0. The third-order valence-electron chi connectivity index (χ3n) is 26.2. The molecule has 6 heteroatoms. The van der Waals surface area contributed by atoms with Crippen molar-refractivity contribution in [3.8, 4) is 34.5 Å². The minimum atomic E-state index is -0.274. The summed E-state index contributed by atoms with van der Waals surface area (Å²) in [5.41, 5.74) is 20.7. The highest BCUT2D eigenvalue weighted by molar-refractivity contribution is 5.57. The minimum absolute atomic E-state index is 0.00617. The van der Waals surface area contributed by atoms with Gasteiger partial charge in [0.15, 0.2) is 0 Å². The normalized spacial score (nSPS) is 13.5. The molecule has 0 spiro atoms. The van der Waals surface area contributed by atoms with Gasteiger partial charge in [-0.05, 0) is 223 Å². The number of hydrogen-bond donors (Lipinski definition) is 3. The average molecular weight is 1610 g/mol. The molecule has 6 nitrogen and oxygen atoms in total. The number of benzene rings is 6. The molecule has 0 aliphatic carbocycles. The molecule has 0 saturated carbocycles. The van der Waals surface area contributed by atoms with Crippen LogP contribution in [0.2, 0.25) is 0 Å². The molecule has 656 valence electrons. The summed E-state index contributed by atoms with van der Waals surface area (Å²) in [6.45, 7) is 73.5. The highest BCUT2D eigenvalue weighted by Crippen LogP contribution is 2.51. The van der Waals surface area contributed by atoms with Crippen LogP contribution >= 0.6 is 0 Å². The number of rotatable bonds is 40. The van der Waals surface area contributed by atoms with Gasteiger partial charge in [-0.1, -0.05) is 371 Å². The Hall–Kier alpha value is -5.88. The van der Waals surface area contributed by atoms with E-state index in [1.807, 2.05) is 21.3 Å². The van der Waals surface area contributed by atoms with E-state index in [1.165, 1.54) is 150 Å². The fourth-order valence-electron chi connectivity index (χ4n) is 18.1. The molecule has 6 rings (SSSR count). The molecule has 0 fully saturated rings. The maximum absolute atomic E-state index is 12.3. The monoisotopic (exact) mass is 1610 g/mol. The van der Waals surface area contributed by atoms with Crippen molar-refractivity contribution >= 4 is 0 Å². The van der Waals surface area contributed by atoms with Crippen molar-refractivity contribution in [2.24, 2.45) is 0 Å². The lowest BCUT2D eigenvalue weighted by Crippen LogP contribution is -2.27. The van der Waals surface area contributed by atoms with Gasteiger partial charge in [-0.2, -0.15) is 0 Å². The van der Waals surface area contributed by atoms with Crippen molar-refractivity contribution in [2.75, 3.05) is 21.3 Å². The summed E-state index contributed by atoms with van der Waals surface area (Å²) >= 11 is 0. The first-order chi connectivity index (χ1) is 53.7. The molecule has 0 atom stereocenters. The molecule has 6 aromatic rings. The molecule has 6 aromatic carbocycles. The number of ether oxygens (including phenoxy) is 3. The van der Waals surface area contributed by atoms with E-state index in [9.17, 15) is 15.3 Å². The van der Waals surface area contributed by atoms with Crippen LogP contribution in [0.25, 0.3) is 0 Å². The average Bonchev–Trinajstić information content (AvgIpc) is 0.777. The first kappa shape index (κ1) is 99.9. The first-order valence-corrected chi connectivity index (χ1v) is 46.5. The van der Waals surface area contributed by atoms with Gasteiger partial charge in [-0.3, -0.25) is 0 Å². The number of methoxy groups -OCH3 is 3. The molecular weight excluding hydrogens is 1430 g/mol. The van der Waals surface area contributed by atoms with Crippen LogP contribution in [0.4, 0.5) is 0 Å². The molecule has 0 unspecified atom stereocenters. The zero-order valence-corrected chi connectivity index (χ0v) is 82.3. The number of aryl methyl sites for hydroxylation is 6. The Morgan fingerprint density at radius 1 is 0.179 bits per heavy atom. The predicted molar refractivity (Wildman–Crippen MR) is 509 cm³/mol. The molecule has 0 saturated heterocycles. The fraction of sp³-hybridized carbons (Fsp3) is 0.676. The fourth-order valence-corrected chi connectivity index (χ4v) is 18.1. The third kappa shape index (κ3) is 27.8. The summed E-state index contributed by atoms with van der Waals surface area (Å²) in [6.07, 6.45) is 31.7. The standard InChI is InChI=1S/C111H176O6/c1-100(2,3)82-64-76(65-83(94(82)112)101(4,5)6)54-48-42-38-36-37-39-43-49-55-77-66-84(102(7,8)9)95(113)86(68-77)108(25,26)60-62-110(29,30)92-74-80(72-90(98(92)116-34)106(19,20)21)58-50-44-40-41-45-51-59-81-73-91(107(22,23)24)99(117-35)93(75-81)111(31,32)63-61-109(27,28)87-69-78(67-85(96(87)114)103(10,11)12)56-52-46-47-53-57-79-70-88(104(13,14)15)97(115-33)89(71-79)105(16,17)18/h64-75,112-114H,36-63H2,1-35H3. The van der Waals surface area contributed by atoms with Crippen molar-refractivity contribution in [3.63, 3.8) is 0 Å². The van der Waals surface area contributed by atoms with E-state index in [0.29, 0.717) is 17.2 Å². The molecule has 3 N–H and O–H groups in total. The topological polar surface area (TPSA) is 88.4 Å². The van der Waals surface area contributed by atoms with E-state index in [2.05, 4.69) is 294 Å². The summed E-state index contributed by atoms with van der Waals surface area (Å²) in [5, 5.41) is 35.8. The highest BCUT2D eigenvalue weighted by atomic mass is 16.5. The van der Waals surface area contributed by atoms with Crippen LogP contribution in [0, 0.1) is 0 Å². The van der Waals surface area contributed by atoms with E-state index in [0.717, 1.165) is 147 Å². The zero-order valence-electron chi connectivity index (χ0n) is 82.3. The van der Waals surface area contributed by atoms with Crippen molar-refractivity contribution in [3.05, 3.63) is 173 Å². The van der Waals surface area contributed by atoms with Crippen molar-refractivity contribution in [2.45, 2.75) is 466 Å². The number of hydrogen-bond acceptors (Lipinski definition) is 6. The molecule has 0 aliphatic rings. The summed E-state index contributed by atoms with van der Waals surface area (Å²) in [7, 11) is 5.56. The van der Waals surface area contributed by atoms with Crippen molar-refractivity contribution < 1.29 is 29.5 Å². The van der Waals surface area contributed by atoms with Crippen molar-refractivity contribution in [1.82, 2.24) is 0 Å². The number of phenols is 3. The largest absolute Gasteiger partial charge is 0.507 e. The second-order valence-electron chi connectivity index (χ2n) is 47.2. The lowest BCUT2D eigenvalue weighted by atomic mass is 9.69. The van der Waals surface area contributed by atoms with Crippen LogP contribution in [0.15, 0.2) is 72.8 Å². The van der Waals surface area contributed by atoms with E-state index >= 15 is 0 Å². The van der Waals surface area contributed by atoms with Gasteiger partial charge >= 0.3 is 0 Å². The van der Waals surface area contributed by atoms with E-state index in [4.69, 9.17) is 14.2 Å². The second kappa shape index (κ2) is 40.0. The van der Waals surface area contributed by atoms with Gasteiger partial charge in [0.2, 0.25) is 0 Å². The third-order valence-corrected chi connectivity index (χ3v) is 26.2. The first-order valence-electron chi connectivity index (χ1n) is 46.5. The molecule has 0 bridgehead atoms. The second-order valence-corrected chi connectivity index (χ2v) is 47.2. The Labute approximate surface area is 720 Å². The van der Waals surface area contributed by atoms with E-state index in [1.54, 1.807) is 0 Å². The summed E-state index contributed by atoms with van der Waals surface area (Å²) in [5.74, 6) is 4.52. The predicted octanol–water partition coefficient (Wildman–Crippen LogP) is 31.7. The molecule has 0 aliphatic heterocycles. The lowest BCUT2D eigenvalue weighted by Gasteiger charge is -2.36. The quantitative estimate of drug-likeness (QED) is 0.0332. The molecular formula is C111H176O6. The number of unbranched alkanes of at least 4 members (excludes halogenated alkanes) is 15. The van der Waals surface area contributed by atoms with Crippen LogP contribution in [0.5, 0.6) is 34.5 Å². The van der Waals surface area contributed by atoms with Crippen LogP contribution in [-0.4, -0.2) is 36.6 Å². The van der Waals surface area contributed by atoms with Gasteiger partial charge in [0.1, 0.15) is 34.5 Å². The zero-order chi connectivity index (χ0) is 88.3. The van der Waals surface area contributed by atoms with Gasteiger partial charge in [-0.25, -0.2) is 0 Å². The lowest BCUT2D eigenvalue weighted by molar-refractivity contribution is 0.338. The Bertz CT molecular complexity index is 4110. The maximum Gasteiger partial charge on any atom is 0.126 e. The SMILES string of the molecule is COc1c(C(C)(C)C)cc(CCCCCCc2cc(C(C)(C)C)c(O)c(C(C)(C)CCC(C)(C)c3cc(CCCCCCCCc4cc(C(C)(C)C)c(OC)c(C(C)(C)CCC(C)(C)c5cc(CCCCCCCCCCc6cc(C(C)(C)C)c(O)c(C(C)(C)C)c6)cc(C(C)(C)C)c5O)c4)cc(C(C)(C)C)c3OC)c2)cc1C(C)(C)C. The van der Waals surface area contributed by atoms with Crippen molar-refractivity contribution in [1.29, 1.82) is 0 Å². The van der Waals surface area contributed by atoms with Crippen LogP contribution in [0.3, 0.4) is 0 Å². The van der Waals surface area contributed by atoms with Gasteiger partial charge in [0.25, 0.3) is 0 Å². The molecule has 0 aromatic heterocycles. The number of aromatic hydroxyl groups is 3. The summed E-state index contributed by atoms with van der Waals surface area (Å²) in [4.78, 5) is 0. The van der Waals surface area contributed by atoms with Gasteiger partial charge in [0, 0.05) is 44.5 Å². The smallest absolute Gasteiger partial charge is 0.126 e. The van der Waals surface area contributed by atoms with Gasteiger partial charge in [0.05, 0.1) is 21.3 Å². The Morgan fingerprint density at radius 2 is 0.308 bits per heavy atom. The molecule has 0 heterocycles. The highest BCUT2D eigenvalue weighted by Gasteiger charge is 2.39. The summed E-state index contributed by atoms with van der Waals surface area (Å²) in [6, 6.07) is 28.5. The van der Waals surface area contributed by atoms with Crippen LogP contribution in [0.1, 0.15) is 463 Å². The van der Waals surface area contributed by atoms with E-state index in [-0.39, 0.29) is 65.0 Å². The Morgan fingerprint density at radius 3 is 0.479 bits per heavy atom. The van der Waals surface area contributed by atoms with Gasteiger partial charge in [-0.15, -0.1) is 0 Å². The van der Waals surface area contributed by atoms with Gasteiger partial charge < -0.3 is 29.5 Å². The van der Waals surface area contributed by atoms with Crippen LogP contribution in [-0.2, 0) is 104 Å². The maximum atomic E-state index is 12.3. The molecule has 0 amide bonds. The minimum Gasteiger partial charge on any atom is -0.507 e. The Kier molecular flexibility index (Phi) is 34.1. The molecule has 0 radical (unpaired) electrons. The van der Waals surface area contributed by atoms with E-state index < -0.39 is 0 Å².